The molecule has 2 aliphatic heterocycles. The lowest BCUT2D eigenvalue weighted by atomic mass is 9.94. The van der Waals surface area contributed by atoms with E-state index in [1.165, 1.54) is 0 Å². The van der Waals surface area contributed by atoms with E-state index >= 15 is 0 Å². The third kappa shape index (κ3) is 3.86. The number of hydrogen-bond acceptors (Lipinski definition) is 3. The Labute approximate surface area is 179 Å². The minimum absolute atomic E-state index is 0.0751. The number of amides is 2. The largest absolute Gasteiger partial charge is 0.338 e. The molecule has 0 aliphatic carbocycles. The molecule has 30 heavy (non-hydrogen) atoms. The van der Waals surface area contributed by atoms with Gasteiger partial charge in [-0.25, -0.2) is 0 Å². The first-order valence-corrected chi connectivity index (χ1v) is 10.9. The summed E-state index contributed by atoms with van der Waals surface area (Å²) in [5, 5.41) is 3.68. The number of nitrogens with zero attached hydrogens (tertiary/aromatic N) is 2. The number of benzene rings is 2. The monoisotopic (exact) mass is 405 g/mol. The minimum Gasteiger partial charge on any atom is -0.338 e. The Hall–Kier alpha value is -2.66. The van der Waals surface area contributed by atoms with Gasteiger partial charge in [0.1, 0.15) is 0 Å². The molecule has 0 saturated carbocycles. The summed E-state index contributed by atoms with van der Waals surface area (Å²) in [6.07, 6.45) is 2.19. The van der Waals surface area contributed by atoms with Crippen molar-refractivity contribution >= 4 is 11.8 Å². The lowest BCUT2D eigenvalue weighted by Crippen LogP contribution is -2.61. The lowest BCUT2D eigenvalue weighted by Gasteiger charge is -2.46. The standard InChI is InChI=1S/C25H31N3O2/c1-18(2)28-24(30)22(17-20-7-5-4-6-8-20)26-25(28)13-15-27(16-14-25)23(29)21-11-9-19(3)10-12-21/h4-12,18,22,26H,13-17H2,1-3H3/t22-/m0/s1. The van der Waals surface area contributed by atoms with Gasteiger partial charge >= 0.3 is 0 Å². The van der Waals surface area contributed by atoms with Gasteiger partial charge in [-0.1, -0.05) is 48.0 Å². The van der Waals surface area contributed by atoms with Crippen molar-refractivity contribution in [2.24, 2.45) is 0 Å². The van der Waals surface area contributed by atoms with Crippen LogP contribution in [-0.2, 0) is 11.2 Å². The average Bonchev–Trinajstić information content (AvgIpc) is 3.00. The molecule has 2 saturated heterocycles. The number of aryl methyl sites for hydroxylation is 1. The Kier molecular flexibility index (Phi) is 5.65. The van der Waals surface area contributed by atoms with Gasteiger partial charge in [0.15, 0.2) is 0 Å². The summed E-state index contributed by atoms with van der Waals surface area (Å²) >= 11 is 0. The van der Waals surface area contributed by atoms with E-state index in [0.717, 1.165) is 29.5 Å². The average molecular weight is 406 g/mol. The van der Waals surface area contributed by atoms with Crippen molar-refractivity contribution in [3.63, 3.8) is 0 Å². The summed E-state index contributed by atoms with van der Waals surface area (Å²) in [4.78, 5) is 30.2. The van der Waals surface area contributed by atoms with E-state index in [4.69, 9.17) is 0 Å². The molecule has 2 fully saturated rings. The van der Waals surface area contributed by atoms with Crippen LogP contribution in [0.5, 0.6) is 0 Å². The van der Waals surface area contributed by atoms with Gasteiger partial charge in [0.2, 0.25) is 5.91 Å². The van der Waals surface area contributed by atoms with Crippen molar-refractivity contribution in [3.05, 3.63) is 71.3 Å². The SMILES string of the molecule is Cc1ccc(C(=O)N2CCC3(CC2)N[C@@H](Cc2ccccc2)C(=O)N3C(C)C)cc1. The van der Waals surface area contributed by atoms with E-state index in [2.05, 4.69) is 31.3 Å². The Morgan fingerprint density at radius 2 is 1.70 bits per heavy atom. The zero-order valence-corrected chi connectivity index (χ0v) is 18.1. The van der Waals surface area contributed by atoms with Gasteiger partial charge < -0.3 is 9.80 Å². The molecule has 2 aliphatic rings. The molecule has 1 atom stereocenters. The number of piperidine rings is 1. The van der Waals surface area contributed by atoms with E-state index in [9.17, 15) is 9.59 Å². The van der Waals surface area contributed by atoms with Gasteiger partial charge in [-0.3, -0.25) is 14.9 Å². The second kappa shape index (κ2) is 8.23. The molecule has 1 N–H and O–H groups in total. The highest BCUT2D eigenvalue weighted by molar-refractivity contribution is 5.94. The maximum Gasteiger partial charge on any atom is 0.253 e. The number of nitrogens with one attached hydrogen (secondary N) is 1. The highest BCUT2D eigenvalue weighted by atomic mass is 16.2. The second-order valence-electron chi connectivity index (χ2n) is 8.88. The molecule has 158 valence electrons. The summed E-state index contributed by atoms with van der Waals surface area (Å²) < 4.78 is 0. The van der Waals surface area contributed by atoms with E-state index in [1.807, 2.05) is 59.2 Å². The molecule has 4 rings (SSSR count). The third-order valence-electron chi connectivity index (χ3n) is 6.41. The van der Waals surface area contributed by atoms with Gasteiger partial charge in [0.05, 0.1) is 11.7 Å². The Morgan fingerprint density at radius 1 is 1.07 bits per heavy atom. The van der Waals surface area contributed by atoms with E-state index < -0.39 is 0 Å². The van der Waals surface area contributed by atoms with Crippen molar-refractivity contribution in [2.45, 2.75) is 57.8 Å². The van der Waals surface area contributed by atoms with Crippen molar-refractivity contribution in [2.75, 3.05) is 13.1 Å². The fraction of sp³-hybridized carbons (Fsp3) is 0.440. The zero-order valence-electron chi connectivity index (χ0n) is 18.1. The maximum atomic E-state index is 13.3. The molecule has 0 aromatic heterocycles. The van der Waals surface area contributed by atoms with Crippen LogP contribution in [0.2, 0.25) is 0 Å². The van der Waals surface area contributed by atoms with Crippen LogP contribution in [0.4, 0.5) is 0 Å². The van der Waals surface area contributed by atoms with Gasteiger partial charge in [-0.15, -0.1) is 0 Å². The highest BCUT2D eigenvalue weighted by Crippen LogP contribution is 2.35. The summed E-state index contributed by atoms with van der Waals surface area (Å²) in [6, 6.07) is 17.8. The summed E-state index contributed by atoms with van der Waals surface area (Å²) in [5.41, 5.74) is 2.68. The number of hydrogen-bond donors (Lipinski definition) is 1. The van der Waals surface area contributed by atoms with Crippen LogP contribution in [-0.4, -0.2) is 52.5 Å². The molecule has 2 aromatic carbocycles. The van der Waals surface area contributed by atoms with Crippen molar-refractivity contribution in [1.82, 2.24) is 15.1 Å². The van der Waals surface area contributed by atoms with Crippen LogP contribution >= 0.6 is 0 Å². The second-order valence-corrected chi connectivity index (χ2v) is 8.88. The number of carbonyl (C=O) groups is 2. The first-order chi connectivity index (χ1) is 14.4. The molecule has 0 bridgehead atoms. The fourth-order valence-corrected chi connectivity index (χ4v) is 4.91. The molecular formula is C25H31N3O2. The van der Waals surface area contributed by atoms with E-state index in [-0.39, 0.29) is 29.6 Å². The van der Waals surface area contributed by atoms with E-state index in [0.29, 0.717) is 19.5 Å². The van der Waals surface area contributed by atoms with Crippen LogP contribution in [0.15, 0.2) is 54.6 Å². The highest BCUT2D eigenvalue weighted by Gasteiger charge is 2.52. The summed E-state index contributed by atoms with van der Waals surface area (Å²) in [5.74, 6) is 0.248. The third-order valence-corrected chi connectivity index (χ3v) is 6.41. The zero-order chi connectivity index (χ0) is 21.3. The normalized spacial score (nSPS) is 20.9. The van der Waals surface area contributed by atoms with Gasteiger partial charge in [0, 0.05) is 37.5 Å². The first-order valence-electron chi connectivity index (χ1n) is 10.9. The smallest absolute Gasteiger partial charge is 0.253 e. The molecule has 2 heterocycles. The predicted octanol–water partition coefficient (Wildman–Crippen LogP) is 3.38. The van der Waals surface area contributed by atoms with Crippen molar-refractivity contribution in [3.8, 4) is 0 Å². The van der Waals surface area contributed by atoms with Crippen molar-refractivity contribution in [1.29, 1.82) is 0 Å². The maximum absolute atomic E-state index is 13.3. The number of rotatable bonds is 4. The fourth-order valence-electron chi connectivity index (χ4n) is 4.91. The number of carbonyl (C=O) groups excluding carboxylic acids is 2. The minimum atomic E-state index is -0.366. The van der Waals surface area contributed by atoms with Gasteiger partial charge in [-0.05, 0) is 44.9 Å². The van der Waals surface area contributed by atoms with E-state index in [1.54, 1.807) is 0 Å². The van der Waals surface area contributed by atoms with Crippen LogP contribution in [0.25, 0.3) is 0 Å². The molecule has 2 amide bonds. The molecule has 0 unspecified atom stereocenters. The predicted molar refractivity (Wildman–Crippen MR) is 118 cm³/mol. The van der Waals surface area contributed by atoms with Crippen LogP contribution < -0.4 is 5.32 Å². The molecular weight excluding hydrogens is 374 g/mol. The lowest BCUT2D eigenvalue weighted by molar-refractivity contribution is -0.135. The molecule has 5 nitrogen and oxygen atoms in total. The van der Waals surface area contributed by atoms with Crippen LogP contribution in [0, 0.1) is 6.92 Å². The molecule has 1 spiro atoms. The molecule has 2 aromatic rings. The number of likely N-dealkylation sites (tertiary alicyclic amines) is 1. The Morgan fingerprint density at radius 3 is 2.30 bits per heavy atom. The van der Waals surface area contributed by atoms with Crippen LogP contribution in [0.3, 0.4) is 0 Å². The van der Waals surface area contributed by atoms with Gasteiger partial charge in [-0.2, -0.15) is 0 Å². The summed E-state index contributed by atoms with van der Waals surface area (Å²) in [6.45, 7) is 7.47. The molecule has 5 heteroatoms. The topological polar surface area (TPSA) is 52.7 Å². The van der Waals surface area contributed by atoms with Gasteiger partial charge in [0.25, 0.3) is 5.91 Å². The molecule has 0 radical (unpaired) electrons. The summed E-state index contributed by atoms with van der Waals surface area (Å²) in [7, 11) is 0. The quantitative estimate of drug-likeness (QED) is 0.849. The Bertz CT molecular complexity index is 900. The Balaban J connectivity index is 1.48. The van der Waals surface area contributed by atoms with Crippen LogP contribution in [0.1, 0.15) is 48.2 Å². The first kappa shape index (κ1) is 20.6. The van der Waals surface area contributed by atoms with Crippen molar-refractivity contribution < 1.29 is 9.59 Å².